The van der Waals surface area contributed by atoms with Crippen LogP contribution < -0.4 is 15.0 Å². The maximum absolute atomic E-state index is 13.6. The summed E-state index contributed by atoms with van der Waals surface area (Å²) in [6.45, 7) is 4.92. The molecule has 0 saturated carbocycles. The van der Waals surface area contributed by atoms with Gasteiger partial charge in [-0.05, 0) is 85.1 Å². The van der Waals surface area contributed by atoms with Gasteiger partial charge in [0.05, 0.1) is 30.2 Å². The van der Waals surface area contributed by atoms with Crippen molar-refractivity contribution < 1.29 is 23.8 Å². The van der Waals surface area contributed by atoms with Gasteiger partial charge in [0.15, 0.2) is 0 Å². The summed E-state index contributed by atoms with van der Waals surface area (Å²) in [6, 6.07) is 15.6. The van der Waals surface area contributed by atoms with E-state index >= 15 is 0 Å². The maximum Gasteiger partial charge on any atom is 0.225 e. The number of aliphatic hydroxyl groups excluding tert-OH is 1. The van der Waals surface area contributed by atoms with Crippen molar-refractivity contribution in [3.63, 3.8) is 0 Å². The molecule has 2 N–H and O–H groups in total. The van der Waals surface area contributed by atoms with Crippen molar-refractivity contribution in [3.05, 3.63) is 71.0 Å². The fourth-order valence-electron chi connectivity index (χ4n) is 5.87. The highest BCUT2D eigenvalue weighted by Gasteiger charge is 2.33. The van der Waals surface area contributed by atoms with Gasteiger partial charge in [-0.25, -0.2) is 4.39 Å². The van der Waals surface area contributed by atoms with Gasteiger partial charge in [-0.15, -0.1) is 0 Å². The summed E-state index contributed by atoms with van der Waals surface area (Å²) in [5, 5.41) is 16.9. The van der Waals surface area contributed by atoms with Gasteiger partial charge in [0, 0.05) is 25.3 Å². The number of carbonyl (C=O) groups excluding carboxylic acids is 1. The lowest BCUT2D eigenvalue weighted by Gasteiger charge is -2.30. The standard InChI is InChI=1S/C31H35ClFN3O4/c32-27-15-22(5-8-29(27)40-26-18-39-19-26)30(37)28(17-35-10-1-2-11-35)34-31(38)23-9-12-36(16-23)25-7-4-20-13-24(33)6-3-21(20)14-25/h3-8,13-15,23,26,28,30,37H,1-2,9-12,16-19H2,(H,34,38)/t23-,28-,30?/m1/s1. The lowest BCUT2D eigenvalue weighted by atomic mass is 10.00. The van der Waals surface area contributed by atoms with Crippen LogP contribution in [-0.4, -0.2) is 74.0 Å². The van der Waals surface area contributed by atoms with E-state index in [1.807, 2.05) is 24.3 Å². The van der Waals surface area contributed by atoms with Crippen LogP contribution in [0.3, 0.4) is 0 Å². The van der Waals surface area contributed by atoms with Crippen molar-refractivity contribution >= 4 is 34.0 Å². The quantitative estimate of drug-likeness (QED) is 0.395. The molecule has 3 aromatic rings. The zero-order chi connectivity index (χ0) is 27.6. The Morgan fingerprint density at radius 2 is 1.85 bits per heavy atom. The van der Waals surface area contributed by atoms with Gasteiger partial charge in [-0.2, -0.15) is 0 Å². The normalized spacial score (nSPS) is 21.4. The van der Waals surface area contributed by atoms with Crippen molar-refractivity contribution in [2.24, 2.45) is 5.92 Å². The van der Waals surface area contributed by atoms with Crippen molar-refractivity contribution in [3.8, 4) is 5.75 Å². The third-order valence-corrected chi connectivity index (χ3v) is 8.57. The molecule has 3 atom stereocenters. The minimum absolute atomic E-state index is 0.000871. The van der Waals surface area contributed by atoms with Crippen LogP contribution in [0.25, 0.3) is 10.8 Å². The highest BCUT2D eigenvalue weighted by Crippen LogP contribution is 2.32. The molecule has 1 unspecified atom stereocenters. The molecular formula is C31H35ClFN3O4. The topological polar surface area (TPSA) is 74.3 Å². The monoisotopic (exact) mass is 567 g/mol. The molecule has 3 aromatic carbocycles. The molecule has 0 radical (unpaired) electrons. The first kappa shape index (κ1) is 27.3. The number of ether oxygens (including phenoxy) is 2. The van der Waals surface area contributed by atoms with E-state index < -0.39 is 12.1 Å². The predicted molar refractivity (Wildman–Crippen MR) is 153 cm³/mol. The number of benzene rings is 3. The van der Waals surface area contributed by atoms with E-state index in [0.717, 1.165) is 55.4 Å². The van der Waals surface area contributed by atoms with Crippen LogP contribution in [0.2, 0.25) is 5.02 Å². The van der Waals surface area contributed by atoms with Crippen molar-refractivity contribution in [1.82, 2.24) is 10.2 Å². The van der Waals surface area contributed by atoms with Gasteiger partial charge < -0.3 is 29.7 Å². The summed E-state index contributed by atoms with van der Waals surface area (Å²) in [6.07, 6.45) is 2.05. The Morgan fingerprint density at radius 3 is 2.60 bits per heavy atom. The third-order valence-electron chi connectivity index (χ3n) is 8.27. The number of aliphatic hydroxyl groups is 1. The lowest BCUT2D eigenvalue weighted by Crippen LogP contribution is -2.48. The second kappa shape index (κ2) is 11.9. The summed E-state index contributed by atoms with van der Waals surface area (Å²) in [5.41, 5.74) is 1.67. The molecule has 40 heavy (non-hydrogen) atoms. The molecule has 9 heteroatoms. The van der Waals surface area contributed by atoms with Gasteiger partial charge >= 0.3 is 0 Å². The molecule has 0 aromatic heterocycles. The molecule has 3 saturated heterocycles. The number of fused-ring (bicyclic) bond motifs is 1. The van der Waals surface area contributed by atoms with Crippen LogP contribution in [0.4, 0.5) is 10.1 Å². The molecule has 0 spiro atoms. The number of hydrogen-bond donors (Lipinski definition) is 2. The van der Waals surface area contributed by atoms with Gasteiger partial charge in [-0.1, -0.05) is 29.8 Å². The fraction of sp³-hybridized carbons (Fsp3) is 0.452. The summed E-state index contributed by atoms with van der Waals surface area (Å²) in [7, 11) is 0. The summed E-state index contributed by atoms with van der Waals surface area (Å²) in [5.74, 6) is 0.0703. The van der Waals surface area contributed by atoms with E-state index in [4.69, 9.17) is 21.1 Å². The second-order valence-electron chi connectivity index (χ2n) is 11.1. The second-order valence-corrected chi connectivity index (χ2v) is 11.5. The lowest BCUT2D eigenvalue weighted by molar-refractivity contribution is -0.126. The highest BCUT2D eigenvalue weighted by atomic mass is 35.5. The molecule has 3 aliphatic heterocycles. The highest BCUT2D eigenvalue weighted by molar-refractivity contribution is 6.32. The van der Waals surface area contributed by atoms with Crippen molar-refractivity contribution in [2.75, 3.05) is 50.8 Å². The first-order valence-electron chi connectivity index (χ1n) is 14.1. The third kappa shape index (κ3) is 6.05. The summed E-state index contributed by atoms with van der Waals surface area (Å²) in [4.78, 5) is 18.0. The first-order chi connectivity index (χ1) is 19.4. The molecule has 3 heterocycles. The van der Waals surface area contributed by atoms with Gasteiger partial charge in [0.1, 0.15) is 23.8 Å². The van der Waals surface area contributed by atoms with Crippen LogP contribution in [0.5, 0.6) is 5.75 Å². The Hall–Kier alpha value is -2.91. The van der Waals surface area contributed by atoms with Crippen molar-refractivity contribution in [1.29, 1.82) is 0 Å². The van der Waals surface area contributed by atoms with Crippen LogP contribution in [-0.2, 0) is 9.53 Å². The number of carbonyl (C=O) groups is 1. The minimum Gasteiger partial charge on any atom is -0.484 e. The molecule has 1 amide bonds. The summed E-state index contributed by atoms with van der Waals surface area (Å²) < 4.78 is 24.6. The van der Waals surface area contributed by atoms with Crippen LogP contribution in [0.15, 0.2) is 54.6 Å². The first-order valence-corrected chi connectivity index (χ1v) is 14.5. The Bertz CT molecular complexity index is 1360. The Balaban J connectivity index is 1.13. The number of halogens is 2. The van der Waals surface area contributed by atoms with E-state index in [9.17, 15) is 14.3 Å². The number of nitrogens with one attached hydrogen (secondary N) is 1. The van der Waals surface area contributed by atoms with E-state index in [2.05, 4.69) is 15.1 Å². The van der Waals surface area contributed by atoms with Gasteiger partial charge in [0.25, 0.3) is 0 Å². The van der Waals surface area contributed by atoms with E-state index in [1.165, 1.54) is 12.1 Å². The number of rotatable bonds is 9. The molecule has 6 rings (SSSR count). The average molecular weight is 568 g/mol. The molecule has 7 nitrogen and oxygen atoms in total. The smallest absolute Gasteiger partial charge is 0.225 e. The number of likely N-dealkylation sites (tertiary alicyclic amines) is 1. The number of hydrogen-bond acceptors (Lipinski definition) is 6. The minimum atomic E-state index is -0.915. The zero-order valence-corrected chi connectivity index (χ0v) is 23.2. The fourth-order valence-corrected chi connectivity index (χ4v) is 6.10. The van der Waals surface area contributed by atoms with E-state index in [-0.39, 0.29) is 23.7 Å². The molecule has 0 bridgehead atoms. The van der Waals surface area contributed by atoms with Crippen LogP contribution in [0, 0.1) is 11.7 Å². The van der Waals surface area contributed by atoms with Crippen LogP contribution in [0.1, 0.15) is 30.9 Å². The number of anilines is 1. The average Bonchev–Trinajstić information content (AvgIpc) is 3.63. The predicted octanol–water partition coefficient (Wildman–Crippen LogP) is 4.55. The molecule has 212 valence electrons. The molecule has 3 aliphatic rings. The maximum atomic E-state index is 13.6. The van der Waals surface area contributed by atoms with Crippen LogP contribution >= 0.6 is 11.6 Å². The summed E-state index contributed by atoms with van der Waals surface area (Å²) >= 11 is 6.50. The van der Waals surface area contributed by atoms with E-state index in [1.54, 1.807) is 18.2 Å². The molecule has 0 aliphatic carbocycles. The van der Waals surface area contributed by atoms with Gasteiger partial charge in [0.2, 0.25) is 5.91 Å². The Morgan fingerprint density at radius 1 is 1.07 bits per heavy atom. The van der Waals surface area contributed by atoms with Gasteiger partial charge in [-0.3, -0.25) is 4.79 Å². The number of amides is 1. The SMILES string of the molecule is O=C(N[C@H](CN1CCCC1)C(O)c1ccc(OC2COC2)c(Cl)c1)[C@@H]1CCN(c2ccc3cc(F)ccc3c2)C1. The van der Waals surface area contributed by atoms with E-state index in [0.29, 0.717) is 42.6 Å². The van der Waals surface area contributed by atoms with Crippen molar-refractivity contribution in [2.45, 2.75) is 37.5 Å². The number of nitrogens with zero attached hydrogens (tertiary/aromatic N) is 2. The zero-order valence-electron chi connectivity index (χ0n) is 22.4. The largest absolute Gasteiger partial charge is 0.484 e. The molecular weight excluding hydrogens is 533 g/mol. The Labute approximate surface area is 238 Å². The Kier molecular flexibility index (Phi) is 8.12. The molecule has 3 fully saturated rings.